The molecule has 0 saturated heterocycles. The van der Waals surface area contributed by atoms with Crippen LogP contribution in [0, 0.1) is 6.57 Å². The van der Waals surface area contributed by atoms with Crippen LogP contribution in [0.4, 0.5) is 0 Å². The molecule has 0 aliphatic carbocycles. The molecule has 0 fully saturated rings. The number of nitrogens with zero attached hydrogens (tertiary/aromatic N) is 1. The Labute approximate surface area is 36.5 Å². The van der Waals surface area contributed by atoms with E-state index in [1.54, 1.807) is 0 Å². The maximum Gasteiger partial charge on any atom is 0.279 e. The summed E-state index contributed by atoms with van der Waals surface area (Å²) in [5, 5.41) is 1.35. The lowest BCUT2D eigenvalue weighted by atomic mass is 11.1. The molecule has 0 aromatic rings. The molecule has 0 aromatic heterocycles. The third-order valence-corrected chi connectivity index (χ3v) is 0.269. The summed E-state index contributed by atoms with van der Waals surface area (Å²) in [7, 11) is 0. The van der Waals surface area contributed by atoms with Crippen LogP contribution in [0.5, 0.6) is 0 Å². The predicted octanol–water partition coefficient (Wildman–Crippen LogP) is 0.967. The zero-order valence-corrected chi connectivity index (χ0v) is 3.40. The minimum Gasteiger partial charge on any atom is -0.781 e. The first-order valence-electron chi connectivity index (χ1n) is 1.09. The maximum atomic E-state index is 4.61. The Balaban J connectivity index is 3.04. The van der Waals surface area contributed by atoms with Gasteiger partial charge < -0.3 is 12.6 Å². The Kier molecular flexibility index (Phi) is 3.07. The number of hydrogen-bond donors (Lipinski definition) is 0. The molecule has 0 radical (unpaired) electrons. The SMILES string of the molecule is C#[N+]/C=C/[S-]. The molecule has 0 saturated carbocycles. The van der Waals surface area contributed by atoms with Crippen LogP contribution in [0.1, 0.15) is 0 Å². The fourth-order valence-corrected chi connectivity index (χ4v) is 0.105. The molecule has 5 heavy (non-hydrogen) atoms. The average molecular weight is 85.1 g/mol. The molecule has 2 heteroatoms. The van der Waals surface area contributed by atoms with E-state index in [9.17, 15) is 0 Å². The van der Waals surface area contributed by atoms with Gasteiger partial charge in [0.05, 0.1) is 0 Å². The van der Waals surface area contributed by atoms with Crippen molar-refractivity contribution in [3.05, 3.63) is 16.5 Å². The third kappa shape index (κ3) is 3.45. The molecule has 1 nitrogen and oxygen atoms in total. The Morgan fingerprint density at radius 2 is 2.40 bits per heavy atom. The van der Waals surface area contributed by atoms with Crippen LogP contribution in [-0.2, 0) is 12.6 Å². The fraction of sp³-hybridized carbons (Fsp3) is 0. The van der Waals surface area contributed by atoms with Gasteiger partial charge in [-0.1, -0.05) is 0 Å². The van der Waals surface area contributed by atoms with Crippen LogP contribution < -0.4 is 0 Å². The van der Waals surface area contributed by atoms with E-state index in [1.165, 1.54) is 11.6 Å². The van der Waals surface area contributed by atoms with E-state index in [2.05, 4.69) is 24.0 Å². The molecule has 0 N–H and O–H groups in total. The highest BCUT2D eigenvalue weighted by molar-refractivity contribution is 7.62. The Hall–Kier alpha value is -0.550. The van der Waals surface area contributed by atoms with Crippen LogP contribution >= 0.6 is 0 Å². The van der Waals surface area contributed by atoms with E-state index in [-0.39, 0.29) is 0 Å². The summed E-state index contributed by atoms with van der Waals surface area (Å²) in [5.74, 6) is 0. The van der Waals surface area contributed by atoms with Gasteiger partial charge in [-0.05, 0) is 4.85 Å². The molecule has 0 bridgehead atoms. The summed E-state index contributed by atoms with van der Waals surface area (Å²) in [6.07, 6.45) is 1.34. The molecule has 26 valence electrons. The van der Waals surface area contributed by atoms with Crippen LogP contribution in [-0.4, -0.2) is 0 Å². The summed E-state index contributed by atoms with van der Waals surface area (Å²) >= 11 is 4.30. The zero-order valence-electron chi connectivity index (χ0n) is 2.59. The molecule has 0 unspecified atom stereocenters. The van der Waals surface area contributed by atoms with Gasteiger partial charge in [-0.3, -0.25) is 0 Å². The van der Waals surface area contributed by atoms with E-state index in [1.807, 2.05) is 0 Å². The van der Waals surface area contributed by atoms with E-state index < -0.39 is 0 Å². The zero-order chi connectivity index (χ0) is 4.12. The fourth-order valence-electron chi connectivity index (χ4n) is 0.0351. The Morgan fingerprint density at radius 3 is 2.40 bits per heavy atom. The topological polar surface area (TPSA) is 4.36 Å². The van der Waals surface area contributed by atoms with Gasteiger partial charge in [0.25, 0.3) is 12.8 Å². The van der Waals surface area contributed by atoms with Crippen molar-refractivity contribution < 1.29 is 0 Å². The number of hydrogen-bond acceptors (Lipinski definition) is 1. The molecule has 0 heterocycles. The molecule has 0 amide bonds. The summed E-state index contributed by atoms with van der Waals surface area (Å²) in [4.78, 5) is 3.07. The number of rotatable bonds is 0. The second-order valence-corrected chi connectivity index (χ2v) is 0.706. The first kappa shape index (κ1) is 4.45. The van der Waals surface area contributed by atoms with Gasteiger partial charge in [0, 0.05) is 0 Å². The van der Waals surface area contributed by atoms with E-state index in [0.717, 1.165) is 0 Å². The average Bonchev–Trinajstić information content (AvgIpc) is 1.41. The van der Waals surface area contributed by atoms with Crippen molar-refractivity contribution in [3.63, 3.8) is 0 Å². The van der Waals surface area contributed by atoms with Crippen molar-refractivity contribution in [1.82, 2.24) is 0 Å². The molecule has 0 aliphatic rings. The Morgan fingerprint density at radius 1 is 1.80 bits per heavy atom. The van der Waals surface area contributed by atoms with Gasteiger partial charge in [-0.15, -0.1) is 5.41 Å². The molecule has 0 atom stereocenters. The lowest BCUT2D eigenvalue weighted by Gasteiger charge is -1.66. The third-order valence-electron chi connectivity index (χ3n) is 0.147. The van der Waals surface area contributed by atoms with E-state index in [0.29, 0.717) is 0 Å². The predicted molar refractivity (Wildman–Crippen MR) is 24.8 cm³/mol. The van der Waals surface area contributed by atoms with Gasteiger partial charge in [0.2, 0.25) is 0 Å². The minimum atomic E-state index is 1.34. The molecular weight excluding hydrogens is 82.1 g/mol. The summed E-state index contributed by atoms with van der Waals surface area (Å²) in [5.41, 5.74) is 0. The van der Waals surface area contributed by atoms with Crippen molar-refractivity contribution >= 4 is 12.6 Å². The van der Waals surface area contributed by atoms with Gasteiger partial charge >= 0.3 is 0 Å². The summed E-state index contributed by atoms with van der Waals surface area (Å²) in [6, 6.07) is 0. The van der Waals surface area contributed by atoms with Crippen LogP contribution in [0.15, 0.2) is 11.6 Å². The van der Waals surface area contributed by atoms with Gasteiger partial charge in [0.1, 0.15) is 0 Å². The largest absolute Gasteiger partial charge is 0.781 e. The van der Waals surface area contributed by atoms with Crippen LogP contribution in [0.2, 0.25) is 0 Å². The van der Waals surface area contributed by atoms with Crippen molar-refractivity contribution in [3.8, 4) is 6.57 Å². The minimum absolute atomic E-state index is 1.34. The van der Waals surface area contributed by atoms with Crippen LogP contribution in [0.3, 0.4) is 0 Å². The van der Waals surface area contributed by atoms with Crippen molar-refractivity contribution in [1.29, 1.82) is 0 Å². The molecule has 0 spiro atoms. The standard InChI is InChI=1S/C3H3NS/c1-4-2-3-5/h1-3H/b3-2+. The summed E-state index contributed by atoms with van der Waals surface area (Å²) in [6.45, 7) is 4.61. The van der Waals surface area contributed by atoms with Gasteiger partial charge in [0.15, 0.2) is 0 Å². The molecule has 0 aliphatic heterocycles. The van der Waals surface area contributed by atoms with Crippen molar-refractivity contribution in [2.24, 2.45) is 0 Å². The lowest BCUT2D eigenvalue weighted by molar-refractivity contribution is 2.13. The highest BCUT2D eigenvalue weighted by Gasteiger charge is 1.49. The molecule has 0 rings (SSSR count). The first-order chi connectivity index (χ1) is 2.41. The maximum absolute atomic E-state index is 4.61. The van der Waals surface area contributed by atoms with Crippen molar-refractivity contribution in [2.75, 3.05) is 0 Å². The first-order valence-corrected chi connectivity index (χ1v) is 1.56. The smallest absolute Gasteiger partial charge is 0.279 e. The van der Waals surface area contributed by atoms with Crippen molar-refractivity contribution in [2.45, 2.75) is 0 Å². The quantitative estimate of drug-likeness (QED) is 0.396. The Bertz CT molecular complexity index is 69.5. The summed E-state index contributed by atoms with van der Waals surface area (Å²) < 4.78 is 0. The van der Waals surface area contributed by atoms with Gasteiger partial charge in [-0.25, -0.2) is 0 Å². The van der Waals surface area contributed by atoms with Gasteiger partial charge in [-0.2, -0.15) is 0 Å². The second kappa shape index (κ2) is 3.45. The normalized spacial score (nSPS) is 7.80. The van der Waals surface area contributed by atoms with E-state index >= 15 is 0 Å². The monoisotopic (exact) mass is 85.0 g/mol. The lowest BCUT2D eigenvalue weighted by Crippen LogP contribution is -1.31. The van der Waals surface area contributed by atoms with E-state index in [4.69, 9.17) is 0 Å². The highest BCUT2D eigenvalue weighted by atomic mass is 32.1. The second-order valence-electron chi connectivity index (χ2n) is 0.434. The highest BCUT2D eigenvalue weighted by Crippen LogP contribution is 1.63. The van der Waals surface area contributed by atoms with Crippen LogP contribution in [0.25, 0.3) is 4.85 Å². The molecular formula is C3H3NS. The molecule has 0 aromatic carbocycles.